The van der Waals surface area contributed by atoms with Crippen molar-refractivity contribution in [3.63, 3.8) is 0 Å². The van der Waals surface area contributed by atoms with Gasteiger partial charge >= 0.3 is 5.69 Å². The standard InChI is InChI=1S/C15H14ClNO4/c1-9-7-12(4-5-13(9)16)21-15-6-3-11(10(2)18)8-14(15)17(19)20/h3-8,10,18H,1-2H3/t10-/m0/s1. The minimum absolute atomic E-state index is 0.117. The SMILES string of the molecule is Cc1cc(Oc2ccc([C@H](C)O)cc2[N+](=O)[O-])ccc1Cl. The summed E-state index contributed by atoms with van der Waals surface area (Å²) in [5, 5.41) is 21.2. The van der Waals surface area contributed by atoms with E-state index in [4.69, 9.17) is 16.3 Å². The van der Waals surface area contributed by atoms with Crippen LogP contribution in [-0.4, -0.2) is 10.0 Å². The molecular weight excluding hydrogens is 294 g/mol. The second-order valence-electron chi connectivity index (χ2n) is 4.67. The number of hydrogen-bond acceptors (Lipinski definition) is 4. The fourth-order valence-corrected chi connectivity index (χ4v) is 1.95. The minimum atomic E-state index is -0.782. The maximum atomic E-state index is 11.1. The molecule has 2 aromatic rings. The summed E-state index contributed by atoms with van der Waals surface area (Å²) >= 11 is 5.93. The van der Waals surface area contributed by atoms with Crippen molar-refractivity contribution in [1.29, 1.82) is 0 Å². The monoisotopic (exact) mass is 307 g/mol. The van der Waals surface area contributed by atoms with Crippen molar-refractivity contribution in [2.24, 2.45) is 0 Å². The van der Waals surface area contributed by atoms with Gasteiger partial charge in [-0.05, 0) is 49.2 Å². The molecule has 21 heavy (non-hydrogen) atoms. The van der Waals surface area contributed by atoms with Gasteiger partial charge in [-0.1, -0.05) is 17.7 Å². The van der Waals surface area contributed by atoms with Crippen LogP contribution < -0.4 is 4.74 Å². The lowest BCUT2D eigenvalue weighted by atomic mass is 10.1. The Morgan fingerprint density at radius 3 is 2.57 bits per heavy atom. The lowest BCUT2D eigenvalue weighted by Gasteiger charge is -2.10. The number of nitrogens with zero attached hydrogens (tertiary/aromatic N) is 1. The van der Waals surface area contributed by atoms with Crippen LogP contribution in [0.4, 0.5) is 5.69 Å². The largest absolute Gasteiger partial charge is 0.450 e. The molecule has 2 rings (SSSR count). The Morgan fingerprint density at radius 2 is 2.00 bits per heavy atom. The van der Waals surface area contributed by atoms with E-state index < -0.39 is 11.0 Å². The van der Waals surface area contributed by atoms with E-state index in [0.717, 1.165) is 5.56 Å². The van der Waals surface area contributed by atoms with Crippen LogP contribution in [0.25, 0.3) is 0 Å². The summed E-state index contributed by atoms with van der Waals surface area (Å²) in [5.74, 6) is 0.580. The zero-order valence-corrected chi connectivity index (χ0v) is 12.3. The van der Waals surface area contributed by atoms with Crippen molar-refractivity contribution in [1.82, 2.24) is 0 Å². The van der Waals surface area contributed by atoms with Crippen molar-refractivity contribution < 1.29 is 14.8 Å². The lowest BCUT2D eigenvalue weighted by Crippen LogP contribution is -1.97. The number of ether oxygens (including phenoxy) is 1. The molecule has 0 saturated carbocycles. The fraction of sp³-hybridized carbons (Fsp3) is 0.200. The molecule has 2 aromatic carbocycles. The van der Waals surface area contributed by atoms with Crippen LogP contribution in [0.5, 0.6) is 11.5 Å². The Balaban J connectivity index is 2.39. The van der Waals surface area contributed by atoms with Crippen molar-refractivity contribution in [3.8, 4) is 11.5 Å². The molecule has 0 amide bonds. The summed E-state index contributed by atoms with van der Waals surface area (Å²) in [6, 6.07) is 9.39. The predicted molar refractivity (Wildman–Crippen MR) is 80.0 cm³/mol. The first kappa shape index (κ1) is 15.3. The summed E-state index contributed by atoms with van der Waals surface area (Å²) < 4.78 is 5.56. The van der Waals surface area contributed by atoms with E-state index in [-0.39, 0.29) is 11.4 Å². The van der Waals surface area contributed by atoms with Gasteiger partial charge in [-0.3, -0.25) is 10.1 Å². The molecule has 110 valence electrons. The third kappa shape index (κ3) is 3.51. The third-order valence-corrected chi connectivity index (χ3v) is 3.44. The van der Waals surface area contributed by atoms with Crippen LogP contribution in [0.15, 0.2) is 36.4 Å². The molecule has 6 heteroatoms. The molecular formula is C15H14ClNO4. The lowest BCUT2D eigenvalue weighted by molar-refractivity contribution is -0.385. The zero-order valence-electron chi connectivity index (χ0n) is 11.5. The molecule has 0 spiro atoms. The predicted octanol–water partition coefficient (Wildman–Crippen LogP) is 4.40. The first-order valence-electron chi connectivity index (χ1n) is 6.29. The van der Waals surface area contributed by atoms with Crippen LogP contribution in [0.1, 0.15) is 24.2 Å². The van der Waals surface area contributed by atoms with Gasteiger partial charge in [0.05, 0.1) is 11.0 Å². The van der Waals surface area contributed by atoms with Gasteiger partial charge in [-0.2, -0.15) is 0 Å². The van der Waals surface area contributed by atoms with Crippen molar-refractivity contribution >= 4 is 17.3 Å². The van der Waals surface area contributed by atoms with Gasteiger partial charge < -0.3 is 9.84 Å². The van der Waals surface area contributed by atoms with E-state index in [0.29, 0.717) is 16.3 Å². The topological polar surface area (TPSA) is 72.6 Å². The Morgan fingerprint density at radius 1 is 1.29 bits per heavy atom. The number of aliphatic hydroxyl groups is 1. The molecule has 0 aliphatic carbocycles. The number of nitro groups is 1. The van der Waals surface area contributed by atoms with E-state index in [1.165, 1.54) is 12.1 Å². The Hall–Kier alpha value is -2.11. The third-order valence-electron chi connectivity index (χ3n) is 3.02. The highest BCUT2D eigenvalue weighted by Gasteiger charge is 2.18. The van der Waals surface area contributed by atoms with Gasteiger partial charge in [0, 0.05) is 11.1 Å². The normalized spacial score (nSPS) is 12.0. The van der Waals surface area contributed by atoms with Gasteiger partial charge in [0.2, 0.25) is 5.75 Å². The zero-order chi connectivity index (χ0) is 15.6. The molecule has 0 saturated heterocycles. The molecule has 0 aliphatic rings. The average Bonchev–Trinajstić information content (AvgIpc) is 2.43. The molecule has 5 nitrogen and oxygen atoms in total. The van der Waals surface area contributed by atoms with Crippen LogP contribution in [-0.2, 0) is 0 Å². The molecule has 0 radical (unpaired) electrons. The van der Waals surface area contributed by atoms with Gasteiger partial charge in [0.25, 0.3) is 0 Å². The number of nitro benzene ring substituents is 1. The van der Waals surface area contributed by atoms with Gasteiger partial charge in [0.15, 0.2) is 0 Å². The van der Waals surface area contributed by atoms with E-state index in [2.05, 4.69) is 0 Å². The first-order valence-corrected chi connectivity index (χ1v) is 6.66. The highest BCUT2D eigenvalue weighted by Crippen LogP contribution is 2.34. The maximum absolute atomic E-state index is 11.1. The number of halogens is 1. The number of aryl methyl sites for hydroxylation is 1. The van der Waals surface area contributed by atoms with Crippen molar-refractivity contribution in [2.75, 3.05) is 0 Å². The minimum Gasteiger partial charge on any atom is -0.450 e. The quantitative estimate of drug-likeness (QED) is 0.671. The molecule has 0 aromatic heterocycles. The van der Waals surface area contributed by atoms with Gasteiger partial charge in [-0.25, -0.2) is 0 Å². The number of rotatable bonds is 4. The summed E-state index contributed by atoms with van der Waals surface area (Å²) in [6.45, 7) is 3.36. The molecule has 0 bridgehead atoms. The van der Waals surface area contributed by atoms with E-state index in [1.54, 1.807) is 31.2 Å². The molecule has 1 N–H and O–H groups in total. The summed E-state index contributed by atoms with van der Waals surface area (Å²) in [4.78, 5) is 10.6. The number of benzene rings is 2. The fourth-order valence-electron chi connectivity index (χ4n) is 1.83. The maximum Gasteiger partial charge on any atom is 0.311 e. The molecule has 0 fully saturated rings. The molecule has 1 atom stereocenters. The second kappa shape index (κ2) is 6.11. The van der Waals surface area contributed by atoms with Gasteiger partial charge in [-0.15, -0.1) is 0 Å². The summed E-state index contributed by atoms with van der Waals surface area (Å²) in [7, 11) is 0. The highest BCUT2D eigenvalue weighted by molar-refractivity contribution is 6.31. The summed E-state index contributed by atoms with van der Waals surface area (Å²) in [5.41, 5.74) is 1.08. The Labute approximate surface area is 126 Å². The Kier molecular flexibility index (Phi) is 4.45. The van der Waals surface area contributed by atoms with E-state index in [9.17, 15) is 15.2 Å². The van der Waals surface area contributed by atoms with Crippen LogP contribution in [0, 0.1) is 17.0 Å². The molecule has 0 unspecified atom stereocenters. The highest BCUT2D eigenvalue weighted by atomic mass is 35.5. The molecule has 0 aliphatic heterocycles. The average molecular weight is 308 g/mol. The summed E-state index contributed by atoms with van der Waals surface area (Å²) in [6.07, 6.45) is -0.782. The Bertz CT molecular complexity index is 685. The smallest absolute Gasteiger partial charge is 0.311 e. The first-order chi connectivity index (χ1) is 9.88. The van der Waals surface area contributed by atoms with Crippen molar-refractivity contribution in [3.05, 3.63) is 62.7 Å². The van der Waals surface area contributed by atoms with Crippen molar-refractivity contribution in [2.45, 2.75) is 20.0 Å². The number of aliphatic hydroxyl groups excluding tert-OH is 1. The van der Waals surface area contributed by atoms with Gasteiger partial charge in [0.1, 0.15) is 5.75 Å². The van der Waals surface area contributed by atoms with E-state index >= 15 is 0 Å². The number of hydrogen-bond donors (Lipinski definition) is 1. The second-order valence-corrected chi connectivity index (χ2v) is 5.08. The van der Waals surface area contributed by atoms with E-state index in [1.807, 2.05) is 6.92 Å². The molecule has 0 heterocycles. The van der Waals surface area contributed by atoms with Crippen LogP contribution in [0.2, 0.25) is 5.02 Å². The van der Waals surface area contributed by atoms with Crippen LogP contribution in [0.3, 0.4) is 0 Å². The van der Waals surface area contributed by atoms with Crippen LogP contribution >= 0.6 is 11.6 Å².